The number of rotatable bonds is 48. The fraction of sp³-hybridized carbons (Fsp3) is 0.507. The van der Waals surface area contributed by atoms with Crippen LogP contribution < -0.4 is 0 Å². The van der Waals surface area contributed by atoms with E-state index in [1.54, 1.807) is 0 Å². The Morgan fingerprint density at radius 1 is 0.274 bits per heavy atom. The molecular formula is C67H100O6. The van der Waals surface area contributed by atoms with E-state index in [0.29, 0.717) is 19.3 Å². The maximum Gasteiger partial charge on any atom is 0.306 e. The molecule has 0 rings (SSSR count). The predicted octanol–water partition coefficient (Wildman–Crippen LogP) is 19.3. The molecule has 0 saturated heterocycles. The Bertz CT molecular complexity index is 1770. The molecule has 0 spiro atoms. The van der Waals surface area contributed by atoms with E-state index in [-0.39, 0.29) is 44.0 Å². The van der Waals surface area contributed by atoms with Gasteiger partial charge in [0.05, 0.1) is 0 Å². The summed E-state index contributed by atoms with van der Waals surface area (Å²) in [6.45, 7) is 6.15. The van der Waals surface area contributed by atoms with Gasteiger partial charge in [0, 0.05) is 19.3 Å². The number of allylic oxidation sites excluding steroid dienone is 30. The van der Waals surface area contributed by atoms with Gasteiger partial charge < -0.3 is 14.2 Å². The third-order valence-corrected chi connectivity index (χ3v) is 10.9. The van der Waals surface area contributed by atoms with E-state index in [1.807, 2.05) is 12.2 Å². The molecule has 0 N–H and O–H groups in total. The lowest BCUT2D eigenvalue weighted by atomic mass is 10.1. The summed E-state index contributed by atoms with van der Waals surface area (Å²) in [6.07, 6.45) is 89.0. The average Bonchev–Trinajstić information content (AvgIpc) is 3.39. The molecule has 0 aromatic carbocycles. The van der Waals surface area contributed by atoms with E-state index in [1.165, 1.54) is 0 Å². The van der Waals surface area contributed by atoms with Crippen LogP contribution in [0.2, 0.25) is 0 Å². The van der Waals surface area contributed by atoms with Crippen LogP contribution in [0.25, 0.3) is 0 Å². The average molecular weight is 1000 g/mol. The second kappa shape index (κ2) is 59.1. The fourth-order valence-corrected chi connectivity index (χ4v) is 6.78. The molecular weight excluding hydrogens is 901 g/mol. The van der Waals surface area contributed by atoms with Crippen molar-refractivity contribution in [2.24, 2.45) is 0 Å². The molecule has 0 saturated carbocycles. The Kier molecular flexibility index (Phi) is 54.6. The summed E-state index contributed by atoms with van der Waals surface area (Å²) in [5.41, 5.74) is 0. The lowest BCUT2D eigenvalue weighted by molar-refractivity contribution is -0.166. The lowest BCUT2D eigenvalue weighted by Gasteiger charge is -2.18. The van der Waals surface area contributed by atoms with E-state index < -0.39 is 6.10 Å². The van der Waals surface area contributed by atoms with Crippen molar-refractivity contribution in [3.8, 4) is 0 Å². The predicted molar refractivity (Wildman–Crippen MR) is 315 cm³/mol. The van der Waals surface area contributed by atoms with Crippen LogP contribution in [-0.4, -0.2) is 37.2 Å². The molecule has 0 aromatic rings. The van der Waals surface area contributed by atoms with Gasteiger partial charge in [-0.2, -0.15) is 0 Å². The molecule has 0 aliphatic heterocycles. The van der Waals surface area contributed by atoms with Crippen molar-refractivity contribution in [3.63, 3.8) is 0 Å². The zero-order valence-electron chi connectivity index (χ0n) is 46.1. The summed E-state index contributed by atoms with van der Waals surface area (Å²) >= 11 is 0. The fourth-order valence-electron chi connectivity index (χ4n) is 6.78. The summed E-state index contributed by atoms with van der Waals surface area (Å²) < 4.78 is 16.7. The Balaban J connectivity index is 4.56. The highest BCUT2D eigenvalue weighted by atomic mass is 16.6. The van der Waals surface area contributed by atoms with Crippen molar-refractivity contribution in [2.45, 2.75) is 207 Å². The van der Waals surface area contributed by atoms with Crippen LogP contribution in [-0.2, 0) is 28.6 Å². The van der Waals surface area contributed by atoms with E-state index in [4.69, 9.17) is 14.2 Å². The van der Waals surface area contributed by atoms with E-state index >= 15 is 0 Å². The topological polar surface area (TPSA) is 78.9 Å². The number of hydrogen-bond donors (Lipinski definition) is 0. The number of unbranched alkanes of at least 4 members (excludes halogenated alkanes) is 7. The van der Waals surface area contributed by atoms with Crippen LogP contribution in [0.1, 0.15) is 201 Å². The number of ether oxygens (including phenoxy) is 3. The Hall–Kier alpha value is -5.49. The third kappa shape index (κ3) is 57.3. The highest BCUT2D eigenvalue weighted by molar-refractivity contribution is 5.71. The normalized spacial score (nSPS) is 13.5. The molecule has 6 nitrogen and oxygen atoms in total. The van der Waals surface area contributed by atoms with Gasteiger partial charge in [-0.25, -0.2) is 0 Å². The van der Waals surface area contributed by atoms with Gasteiger partial charge in [0.2, 0.25) is 0 Å². The van der Waals surface area contributed by atoms with Crippen molar-refractivity contribution in [2.75, 3.05) is 13.2 Å². The molecule has 0 amide bonds. The minimum absolute atomic E-state index is 0.138. The van der Waals surface area contributed by atoms with Gasteiger partial charge >= 0.3 is 17.9 Å². The highest BCUT2D eigenvalue weighted by Crippen LogP contribution is 2.11. The van der Waals surface area contributed by atoms with E-state index in [2.05, 4.69) is 191 Å². The van der Waals surface area contributed by atoms with Gasteiger partial charge in [-0.1, -0.05) is 222 Å². The first-order chi connectivity index (χ1) is 36.0. The second-order valence-electron chi connectivity index (χ2n) is 17.7. The molecule has 73 heavy (non-hydrogen) atoms. The minimum Gasteiger partial charge on any atom is -0.462 e. The van der Waals surface area contributed by atoms with Crippen molar-refractivity contribution < 1.29 is 28.6 Å². The van der Waals surface area contributed by atoms with Crippen molar-refractivity contribution in [1.29, 1.82) is 0 Å². The maximum atomic E-state index is 12.8. The van der Waals surface area contributed by atoms with Gasteiger partial charge in [0.1, 0.15) is 13.2 Å². The van der Waals surface area contributed by atoms with Crippen LogP contribution in [0.15, 0.2) is 182 Å². The van der Waals surface area contributed by atoms with Crippen LogP contribution in [0.5, 0.6) is 0 Å². The van der Waals surface area contributed by atoms with Crippen molar-refractivity contribution in [3.05, 3.63) is 182 Å². The first-order valence-electron chi connectivity index (χ1n) is 28.3. The molecule has 0 radical (unpaired) electrons. The Labute approximate surface area is 446 Å². The van der Waals surface area contributed by atoms with Gasteiger partial charge in [0.15, 0.2) is 6.10 Å². The summed E-state index contributed by atoms with van der Waals surface area (Å²) in [5, 5.41) is 0. The smallest absolute Gasteiger partial charge is 0.306 e. The standard InChI is InChI=1S/C67H100O6/c1-4-7-10-13-16-19-22-25-27-29-30-31-32-33-34-35-36-38-39-42-45-48-51-54-57-60-66(69)72-63-64(62-71-65(68)59-56-53-50-47-44-41-24-21-18-15-12-9-6-3)73-67(70)61-58-55-52-49-46-43-40-37-28-26-23-20-17-14-11-8-5-2/h7-12,16-21,25-28,30-31,33-34,36,38,40-45,50,53,64H,4-6,13-15,22-24,29,32,35,37,39,46-49,51-52,54-63H2,1-3H3/b10-7-,11-8-,12-9-,19-16-,20-17-,21-18-,27-25-,28-26-,31-30-,34-33-,38-36-,43-40-,44-41-,45-42-,53-50-. The van der Waals surface area contributed by atoms with Crippen molar-refractivity contribution >= 4 is 17.9 Å². The molecule has 0 aliphatic carbocycles. The summed E-state index contributed by atoms with van der Waals surface area (Å²) in [4.78, 5) is 38.1. The molecule has 0 aromatic heterocycles. The number of hydrogen-bond acceptors (Lipinski definition) is 6. The summed E-state index contributed by atoms with van der Waals surface area (Å²) in [5.74, 6) is -1.09. The van der Waals surface area contributed by atoms with E-state index in [0.717, 1.165) is 148 Å². The van der Waals surface area contributed by atoms with Gasteiger partial charge in [-0.3, -0.25) is 14.4 Å². The minimum atomic E-state index is -0.845. The van der Waals surface area contributed by atoms with Crippen LogP contribution >= 0.6 is 0 Å². The summed E-state index contributed by atoms with van der Waals surface area (Å²) in [7, 11) is 0. The molecule has 0 fully saturated rings. The zero-order chi connectivity index (χ0) is 52.9. The third-order valence-electron chi connectivity index (χ3n) is 10.9. The maximum absolute atomic E-state index is 12.8. The van der Waals surface area contributed by atoms with Crippen LogP contribution in [0.4, 0.5) is 0 Å². The molecule has 404 valence electrons. The number of esters is 3. The highest BCUT2D eigenvalue weighted by Gasteiger charge is 2.19. The second-order valence-corrected chi connectivity index (χ2v) is 17.7. The SMILES string of the molecule is CC/C=C\C/C=C\C/C=C\C/C=C\C/C=C\C/C=C\C/C=C\CCCCCC(=O)OCC(COC(=O)CC/C=C\C/C=C\C/C=C\C/C=C\CC)OC(=O)CCCCCC/C=C\C/C=C\C/C=C\C/C=C\CC. The largest absolute Gasteiger partial charge is 0.462 e. The lowest BCUT2D eigenvalue weighted by Crippen LogP contribution is -2.30. The van der Waals surface area contributed by atoms with Gasteiger partial charge in [-0.05, 0) is 141 Å². The Morgan fingerprint density at radius 3 is 0.849 bits per heavy atom. The quantitative estimate of drug-likeness (QED) is 0.0262. The number of carbonyl (C=O) groups excluding carboxylic acids is 3. The molecule has 0 heterocycles. The monoisotopic (exact) mass is 1000 g/mol. The number of carbonyl (C=O) groups is 3. The molecule has 0 aliphatic rings. The molecule has 6 heteroatoms. The zero-order valence-corrected chi connectivity index (χ0v) is 46.1. The Morgan fingerprint density at radius 2 is 0.521 bits per heavy atom. The van der Waals surface area contributed by atoms with Crippen molar-refractivity contribution in [1.82, 2.24) is 0 Å². The molecule has 1 unspecified atom stereocenters. The van der Waals surface area contributed by atoms with E-state index in [9.17, 15) is 14.4 Å². The van der Waals surface area contributed by atoms with Gasteiger partial charge in [-0.15, -0.1) is 0 Å². The molecule has 0 bridgehead atoms. The van der Waals surface area contributed by atoms with Crippen LogP contribution in [0.3, 0.4) is 0 Å². The first-order valence-corrected chi connectivity index (χ1v) is 28.3. The first kappa shape index (κ1) is 67.5. The van der Waals surface area contributed by atoms with Gasteiger partial charge in [0.25, 0.3) is 0 Å². The molecule has 1 atom stereocenters. The van der Waals surface area contributed by atoms with Crippen LogP contribution in [0, 0.1) is 0 Å². The summed E-state index contributed by atoms with van der Waals surface area (Å²) in [6, 6.07) is 0.